The summed E-state index contributed by atoms with van der Waals surface area (Å²) in [5.74, 6) is -0.451. The molecule has 88 valence electrons. The molecule has 0 saturated heterocycles. The Labute approximate surface area is 107 Å². The van der Waals surface area contributed by atoms with E-state index in [1.54, 1.807) is 7.05 Å². The van der Waals surface area contributed by atoms with Crippen molar-refractivity contribution in [2.45, 2.75) is 0 Å². The molecular weight excluding hydrogens is 266 g/mol. The highest BCUT2D eigenvalue weighted by Gasteiger charge is 2.17. The van der Waals surface area contributed by atoms with Crippen LogP contribution >= 0.6 is 23.2 Å². The van der Waals surface area contributed by atoms with E-state index >= 15 is 0 Å². The molecule has 1 aromatic heterocycles. The Kier molecular flexibility index (Phi) is 3.17. The van der Waals surface area contributed by atoms with Gasteiger partial charge in [0.25, 0.3) is 0 Å². The van der Waals surface area contributed by atoms with E-state index in [-0.39, 0.29) is 15.7 Å². The van der Waals surface area contributed by atoms with Gasteiger partial charge in [-0.2, -0.15) is 5.10 Å². The minimum atomic E-state index is -0.451. The van der Waals surface area contributed by atoms with E-state index in [1.807, 2.05) is 0 Å². The first-order chi connectivity index (χ1) is 8.04. The smallest absolute Gasteiger partial charge is 0.155 e. The van der Waals surface area contributed by atoms with Crippen LogP contribution in [-0.2, 0) is 7.05 Å². The molecule has 1 heterocycles. The van der Waals surface area contributed by atoms with Crippen LogP contribution in [0, 0.1) is 5.82 Å². The van der Waals surface area contributed by atoms with Gasteiger partial charge in [0.05, 0.1) is 10.6 Å². The molecule has 2 aromatic rings. The predicted molar refractivity (Wildman–Crippen MR) is 64.0 cm³/mol. The maximum absolute atomic E-state index is 12.9. The number of aromatic nitrogens is 2. The number of nitrogens with zero attached hydrogens (tertiary/aromatic N) is 2. The molecule has 0 saturated carbocycles. The fourth-order valence-corrected chi connectivity index (χ4v) is 1.93. The highest BCUT2D eigenvalue weighted by molar-refractivity contribution is 6.34. The normalized spacial score (nSPS) is 10.6. The third-order valence-electron chi connectivity index (χ3n) is 2.32. The van der Waals surface area contributed by atoms with Crippen LogP contribution in [-0.4, -0.2) is 16.1 Å². The van der Waals surface area contributed by atoms with Gasteiger partial charge in [-0.25, -0.2) is 4.39 Å². The Hall–Kier alpha value is -1.39. The fourth-order valence-electron chi connectivity index (χ4n) is 1.50. The molecule has 3 nitrogen and oxygen atoms in total. The van der Waals surface area contributed by atoms with E-state index in [1.165, 1.54) is 16.8 Å². The number of aldehydes is 1. The van der Waals surface area contributed by atoms with Gasteiger partial charge in [0.15, 0.2) is 6.29 Å². The molecule has 0 bridgehead atoms. The zero-order valence-electron chi connectivity index (χ0n) is 8.75. The van der Waals surface area contributed by atoms with Crippen molar-refractivity contribution in [3.05, 3.63) is 39.8 Å². The minimum absolute atomic E-state index is 0.183. The molecule has 0 unspecified atom stereocenters. The SMILES string of the molecule is Cn1nc(-c2ccc(F)cc2Cl)c(C=O)c1Cl. The standard InChI is InChI=1S/C11H7Cl2FN2O/c1-16-11(13)8(5-17)10(15-16)7-3-2-6(14)4-9(7)12/h2-5H,1H3. The van der Waals surface area contributed by atoms with Crippen molar-refractivity contribution in [3.63, 3.8) is 0 Å². The van der Waals surface area contributed by atoms with Crippen LogP contribution in [0.25, 0.3) is 11.3 Å². The van der Waals surface area contributed by atoms with Crippen LogP contribution < -0.4 is 0 Å². The van der Waals surface area contributed by atoms with Gasteiger partial charge in [0.2, 0.25) is 0 Å². The molecule has 0 N–H and O–H groups in total. The second kappa shape index (κ2) is 4.47. The Morgan fingerprint density at radius 3 is 2.71 bits per heavy atom. The molecule has 0 spiro atoms. The summed E-state index contributed by atoms with van der Waals surface area (Å²) in [5, 5.41) is 4.49. The lowest BCUT2D eigenvalue weighted by Crippen LogP contribution is -1.90. The summed E-state index contributed by atoms with van der Waals surface area (Å²) >= 11 is 11.8. The molecule has 6 heteroatoms. The molecule has 0 radical (unpaired) electrons. The zero-order chi connectivity index (χ0) is 12.6. The van der Waals surface area contributed by atoms with Crippen LogP contribution in [0.15, 0.2) is 18.2 Å². The number of carbonyl (C=O) groups excluding carboxylic acids is 1. The molecule has 0 amide bonds. The molecule has 0 aliphatic rings. The van der Waals surface area contributed by atoms with Crippen LogP contribution in [0.3, 0.4) is 0 Å². The van der Waals surface area contributed by atoms with E-state index < -0.39 is 5.82 Å². The number of rotatable bonds is 2. The van der Waals surface area contributed by atoms with Crippen molar-refractivity contribution < 1.29 is 9.18 Å². The summed E-state index contributed by atoms with van der Waals surface area (Å²) < 4.78 is 14.3. The largest absolute Gasteiger partial charge is 0.298 e. The quantitative estimate of drug-likeness (QED) is 0.786. The molecule has 0 fully saturated rings. The van der Waals surface area contributed by atoms with Gasteiger partial charge >= 0.3 is 0 Å². The topological polar surface area (TPSA) is 34.9 Å². The van der Waals surface area contributed by atoms with Gasteiger partial charge < -0.3 is 0 Å². The van der Waals surface area contributed by atoms with Crippen molar-refractivity contribution in [1.82, 2.24) is 9.78 Å². The number of aryl methyl sites for hydroxylation is 1. The second-order valence-corrected chi connectivity index (χ2v) is 4.18. The summed E-state index contributed by atoms with van der Waals surface area (Å²) in [6, 6.07) is 3.87. The average molecular weight is 273 g/mol. The van der Waals surface area contributed by atoms with Crippen LogP contribution in [0.2, 0.25) is 10.2 Å². The van der Waals surface area contributed by atoms with Crippen LogP contribution in [0.5, 0.6) is 0 Å². The zero-order valence-corrected chi connectivity index (χ0v) is 10.3. The van der Waals surface area contributed by atoms with Crippen LogP contribution in [0.1, 0.15) is 10.4 Å². The monoisotopic (exact) mass is 272 g/mol. The third-order valence-corrected chi connectivity index (χ3v) is 3.08. The molecule has 17 heavy (non-hydrogen) atoms. The van der Waals surface area contributed by atoms with E-state index in [4.69, 9.17) is 23.2 Å². The Morgan fingerprint density at radius 1 is 1.41 bits per heavy atom. The first-order valence-corrected chi connectivity index (χ1v) is 5.43. The van der Waals surface area contributed by atoms with Crippen molar-refractivity contribution in [1.29, 1.82) is 0 Å². The number of carbonyl (C=O) groups is 1. The first kappa shape index (κ1) is 12.1. The lowest BCUT2D eigenvalue weighted by Gasteiger charge is -2.01. The molecule has 0 aliphatic heterocycles. The second-order valence-electron chi connectivity index (χ2n) is 3.42. The fraction of sp³-hybridized carbons (Fsp3) is 0.0909. The maximum atomic E-state index is 12.9. The molecular formula is C11H7Cl2FN2O. The van der Waals surface area contributed by atoms with Crippen molar-refractivity contribution in [2.24, 2.45) is 7.05 Å². The summed E-state index contributed by atoms with van der Waals surface area (Å²) in [7, 11) is 1.61. The van der Waals surface area contributed by atoms with Crippen molar-refractivity contribution in [3.8, 4) is 11.3 Å². The lowest BCUT2D eigenvalue weighted by molar-refractivity contribution is 0.112. The van der Waals surface area contributed by atoms with Crippen LogP contribution in [0.4, 0.5) is 4.39 Å². The number of benzene rings is 1. The lowest BCUT2D eigenvalue weighted by atomic mass is 10.1. The Balaban J connectivity index is 2.68. The van der Waals surface area contributed by atoms with Gasteiger partial charge in [0.1, 0.15) is 16.7 Å². The molecule has 2 rings (SSSR count). The summed E-state index contributed by atoms with van der Waals surface area (Å²) in [4.78, 5) is 11.0. The van der Waals surface area contributed by atoms with Crippen molar-refractivity contribution in [2.75, 3.05) is 0 Å². The molecule has 0 atom stereocenters. The van der Waals surface area contributed by atoms with Gasteiger partial charge in [-0.15, -0.1) is 0 Å². The van der Waals surface area contributed by atoms with Gasteiger partial charge in [0, 0.05) is 12.6 Å². The molecule has 1 aromatic carbocycles. The van der Waals surface area contributed by atoms with Gasteiger partial charge in [-0.3, -0.25) is 9.48 Å². The summed E-state index contributed by atoms with van der Waals surface area (Å²) in [6.07, 6.45) is 0.602. The Morgan fingerprint density at radius 2 is 2.12 bits per heavy atom. The van der Waals surface area contributed by atoms with E-state index in [0.717, 1.165) is 6.07 Å². The summed E-state index contributed by atoms with van der Waals surface area (Å²) in [5.41, 5.74) is 1.05. The highest BCUT2D eigenvalue weighted by Crippen LogP contribution is 2.32. The number of halogens is 3. The number of hydrogen-bond acceptors (Lipinski definition) is 2. The highest BCUT2D eigenvalue weighted by atomic mass is 35.5. The predicted octanol–water partition coefficient (Wildman–Crippen LogP) is 3.35. The van der Waals surface area contributed by atoms with E-state index in [2.05, 4.69) is 5.10 Å². The average Bonchev–Trinajstić information content (AvgIpc) is 2.55. The van der Waals surface area contributed by atoms with Gasteiger partial charge in [-0.1, -0.05) is 23.2 Å². The van der Waals surface area contributed by atoms with Gasteiger partial charge in [-0.05, 0) is 18.2 Å². The van der Waals surface area contributed by atoms with E-state index in [0.29, 0.717) is 17.5 Å². The van der Waals surface area contributed by atoms with E-state index in [9.17, 15) is 9.18 Å². The minimum Gasteiger partial charge on any atom is -0.298 e. The summed E-state index contributed by atoms with van der Waals surface area (Å²) in [6.45, 7) is 0. The Bertz CT molecular complexity index is 595. The van der Waals surface area contributed by atoms with Crippen molar-refractivity contribution >= 4 is 29.5 Å². The molecule has 0 aliphatic carbocycles. The number of hydrogen-bond donors (Lipinski definition) is 0. The first-order valence-electron chi connectivity index (χ1n) is 4.67. The third kappa shape index (κ3) is 2.06. The maximum Gasteiger partial charge on any atom is 0.155 e.